The minimum Gasteiger partial charge on any atom is -0.487 e. The van der Waals surface area contributed by atoms with Crippen LogP contribution < -0.4 is 10.5 Å². The molecular weight excluding hydrogens is 345 g/mol. The minimum absolute atomic E-state index is 0.244. The van der Waals surface area contributed by atoms with E-state index in [4.69, 9.17) is 22.1 Å². The maximum absolute atomic E-state index is 13.4. The van der Waals surface area contributed by atoms with Gasteiger partial charge >= 0.3 is 0 Å². The van der Waals surface area contributed by atoms with E-state index in [0.29, 0.717) is 21.8 Å². The fraction of sp³-hybridized carbons (Fsp3) is 0.200. The molecule has 0 bridgehead atoms. The van der Waals surface area contributed by atoms with Gasteiger partial charge < -0.3 is 10.5 Å². The van der Waals surface area contributed by atoms with E-state index in [1.807, 2.05) is 12.1 Å². The molecule has 20 heavy (non-hydrogen) atoms. The third-order valence-corrected chi connectivity index (χ3v) is 4.03. The highest BCUT2D eigenvalue weighted by Gasteiger charge is 2.08. The van der Waals surface area contributed by atoms with Crippen LogP contribution in [0.4, 0.5) is 4.39 Å². The molecule has 0 aliphatic rings. The summed E-state index contributed by atoms with van der Waals surface area (Å²) in [4.78, 5) is 0. The van der Waals surface area contributed by atoms with Crippen LogP contribution in [0.1, 0.15) is 11.1 Å². The van der Waals surface area contributed by atoms with Gasteiger partial charge in [0.1, 0.15) is 18.2 Å². The van der Waals surface area contributed by atoms with Crippen molar-refractivity contribution in [2.24, 2.45) is 5.73 Å². The van der Waals surface area contributed by atoms with Crippen LogP contribution in [0.15, 0.2) is 40.9 Å². The van der Waals surface area contributed by atoms with Crippen LogP contribution in [-0.2, 0) is 13.0 Å². The molecule has 0 saturated heterocycles. The molecule has 0 saturated carbocycles. The number of nitrogens with two attached hydrogens (primary N) is 1. The molecule has 2 aromatic carbocycles. The van der Waals surface area contributed by atoms with Gasteiger partial charge in [-0.2, -0.15) is 0 Å². The Kier molecular flexibility index (Phi) is 5.40. The van der Waals surface area contributed by atoms with Gasteiger partial charge in [-0.25, -0.2) is 4.39 Å². The lowest BCUT2D eigenvalue weighted by atomic mass is 10.1. The Balaban J connectivity index is 2.09. The summed E-state index contributed by atoms with van der Waals surface area (Å²) in [5.41, 5.74) is 7.29. The highest BCUT2D eigenvalue weighted by atomic mass is 79.9. The molecule has 0 aliphatic carbocycles. The zero-order valence-corrected chi connectivity index (χ0v) is 13.0. The summed E-state index contributed by atoms with van der Waals surface area (Å²) in [6.07, 6.45) is 0.773. The topological polar surface area (TPSA) is 35.2 Å². The summed E-state index contributed by atoms with van der Waals surface area (Å²) in [6.45, 7) is 0.821. The lowest BCUT2D eigenvalue weighted by molar-refractivity contribution is 0.305. The molecule has 0 aliphatic heterocycles. The van der Waals surface area contributed by atoms with Crippen molar-refractivity contribution in [1.82, 2.24) is 0 Å². The van der Waals surface area contributed by atoms with E-state index in [-0.39, 0.29) is 12.4 Å². The summed E-state index contributed by atoms with van der Waals surface area (Å²) in [5.74, 6) is 0.263. The van der Waals surface area contributed by atoms with Crippen molar-refractivity contribution in [3.8, 4) is 5.75 Å². The van der Waals surface area contributed by atoms with Crippen molar-refractivity contribution >= 4 is 27.5 Å². The number of benzene rings is 2. The fourth-order valence-corrected chi connectivity index (χ4v) is 2.44. The van der Waals surface area contributed by atoms with Crippen molar-refractivity contribution in [2.45, 2.75) is 13.0 Å². The van der Waals surface area contributed by atoms with Crippen LogP contribution in [0.5, 0.6) is 5.75 Å². The number of hydrogen-bond acceptors (Lipinski definition) is 2. The second kappa shape index (κ2) is 7.07. The van der Waals surface area contributed by atoms with E-state index in [9.17, 15) is 4.39 Å². The lowest BCUT2D eigenvalue weighted by Crippen LogP contribution is -2.03. The number of ether oxygens (including phenoxy) is 1. The Morgan fingerprint density at radius 1 is 1.25 bits per heavy atom. The predicted octanol–water partition coefficient (Wildman–Crippen LogP) is 4.32. The minimum atomic E-state index is -0.310. The molecule has 2 aromatic rings. The average molecular weight is 359 g/mol. The summed E-state index contributed by atoms with van der Waals surface area (Å²) >= 11 is 9.35. The summed E-state index contributed by atoms with van der Waals surface area (Å²) in [5, 5.41) is 0.531. The van der Waals surface area contributed by atoms with Crippen LogP contribution in [-0.4, -0.2) is 6.54 Å². The van der Waals surface area contributed by atoms with E-state index in [1.54, 1.807) is 18.2 Å². The summed E-state index contributed by atoms with van der Waals surface area (Å²) in [6, 6.07) is 10.4. The third kappa shape index (κ3) is 3.72. The molecule has 0 radical (unpaired) electrons. The van der Waals surface area contributed by atoms with Gasteiger partial charge in [0.15, 0.2) is 0 Å². The van der Waals surface area contributed by atoms with Gasteiger partial charge in [0.2, 0.25) is 0 Å². The first-order valence-corrected chi connectivity index (χ1v) is 7.33. The second-order valence-electron chi connectivity index (χ2n) is 4.31. The normalized spacial score (nSPS) is 10.6. The molecule has 0 spiro atoms. The van der Waals surface area contributed by atoms with Crippen molar-refractivity contribution in [2.75, 3.05) is 6.54 Å². The maximum atomic E-state index is 13.4. The van der Waals surface area contributed by atoms with Crippen LogP contribution in [0.2, 0.25) is 5.02 Å². The van der Waals surface area contributed by atoms with Crippen LogP contribution in [0.25, 0.3) is 0 Å². The first kappa shape index (κ1) is 15.3. The van der Waals surface area contributed by atoms with Crippen LogP contribution in [0.3, 0.4) is 0 Å². The van der Waals surface area contributed by atoms with E-state index >= 15 is 0 Å². The first-order valence-electron chi connectivity index (χ1n) is 6.16. The Morgan fingerprint density at radius 2 is 2.05 bits per heavy atom. The van der Waals surface area contributed by atoms with Gasteiger partial charge in [-0.3, -0.25) is 0 Å². The van der Waals surface area contributed by atoms with Gasteiger partial charge in [0, 0.05) is 5.56 Å². The van der Waals surface area contributed by atoms with Gasteiger partial charge in [0.05, 0.1) is 9.50 Å². The van der Waals surface area contributed by atoms with Crippen molar-refractivity contribution in [1.29, 1.82) is 0 Å². The molecular formula is C15H14BrClFNO. The van der Waals surface area contributed by atoms with Crippen molar-refractivity contribution in [3.63, 3.8) is 0 Å². The quantitative estimate of drug-likeness (QED) is 0.864. The monoisotopic (exact) mass is 357 g/mol. The Morgan fingerprint density at radius 3 is 2.75 bits per heavy atom. The summed E-state index contributed by atoms with van der Waals surface area (Å²) in [7, 11) is 0. The Hall–Kier alpha value is -1.10. The molecule has 5 heteroatoms. The van der Waals surface area contributed by atoms with Crippen LogP contribution >= 0.6 is 27.5 Å². The zero-order valence-electron chi connectivity index (χ0n) is 10.7. The van der Waals surface area contributed by atoms with Gasteiger partial charge in [-0.15, -0.1) is 0 Å². The highest BCUT2D eigenvalue weighted by molar-refractivity contribution is 9.10. The number of hydrogen-bond donors (Lipinski definition) is 1. The molecule has 2 rings (SSSR count). The van der Waals surface area contributed by atoms with E-state index in [1.165, 1.54) is 6.07 Å². The molecule has 2 nitrogen and oxygen atoms in total. The van der Waals surface area contributed by atoms with E-state index in [0.717, 1.165) is 17.5 Å². The second-order valence-corrected chi connectivity index (χ2v) is 5.51. The average Bonchev–Trinajstić information content (AvgIpc) is 2.42. The highest BCUT2D eigenvalue weighted by Crippen LogP contribution is 2.28. The van der Waals surface area contributed by atoms with Crippen LogP contribution in [0, 0.1) is 5.82 Å². The standard InChI is InChI=1S/C15H14BrClFNO/c16-15-11(2-1-3-13(15)18)9-20-14-5-4-10(6-7-19)8-12(14)17/h1-5,8H,6-7,9,19H2. The lowest BCUT2D eigenvalue weighted by Gasteiger charge is -2.11. The maximum Gasteiger partial charge on any atom is 0.138 e. The Bertz CT molecular complexity index is 606. The SMILES string of the molecule is NCCc1ccc(OCc2cccc(F)c2Br)c(Cl)c1. The van der Waals surface area contributed by atoms with Gasteiger partial charge in [-0.05, 0) is 52.7 Å². The third-order valence-electron chi connectivity index (χ3n) is 2.84. The van der Waals surface area contributed by atoms with E-state index in [2.05, 4.69) is 15.9 Å². The molecule has 0 aromatic heterocycles. The number of halogens is 3. The molecule has 0 fully saturated rings. The van der Waals surface area contributed by atoms with Crippen molar-refractivity contribution < 1.29 is 9.13 Å². The molecule has 0 amide bonds. The molecule has 0 unspecified atom stereocenters. The zero-order chi connectivity index (χ0) is 14.5. The van der Waals surface area contributed by atoms with Gasteiger partial charge in [-0.1, -0.05) is 29.8 Å². The van der Waals surface area contributed by atoms with Crippen molar-refractivity contribution in [3.05, 3.63) is 62.8 Å². The largest absolute Gasteiger partial charge is 0.487 e. The number of rotatable bonds is 5. The molecule has 0 heterocycles. The smallest absolute Gasteiger partial charge is 0.138 e. The summed E-state index contributed by atoms with van der Waals surface area (Å²) < 4.78 is 19.4. The first-order chi connectivity index (χ1) is 9.61. The molecule has 0 atom stereocenters. The molecule has 2 N–H and O–H groups in total. The van der Waals surface area contributed by atoms with E-state index < -0.39 is 0 Å². The Labute approximate surface area is 130 Å². The molecule has 106 valence electrons. The predicted molar refractivity (Wildman–Crippen MR) is 82.6 cm³/mol. The fourth-order valence-electron chi connectivity index (χ4n) is 1.80. The van der Waals surface area contributed by atoms with Gasteiger partial charge in [0.25, 0.3) is 0 Å².